The first-order chi connectivity index (χ1) is 7.57. The van der Waals surface area contributed by atoms with Crippen LogP contribution in [0.25, 0.3) is 0 Å². The van der Waals surface area contributed by atoms with Gasteiger partial charge < -0.3 is 10.5 Å². The van der Waals surface area contributed by atoms with Crippen LogP contribution in [0, 0.1) is 0 Å². The quantitative estimate of drug-likeness (QED) is 0.719. The molecule has 0 spiro atoms. The SMILES string of the molecule is Nc1nn(C2COC2)c2c1CCS(=O)(=O)C2. The van der Waals surface area contributed by atoms with Crippen molar-refractivity contribution >= 4 is 15.7 Å². The predicted molar refractivity (Wildman–Crippen MR) is 57.7 cm³/mol. The Labute approximate surface area is 93.3 Å². The maximum Gasteiger partial charge on any atom is 0.156 e. The summed E-state index contributed by atoms with van der Waals surface area (Å²) in [6.45, 7) is 1.18. The Morgan fingerprint density at radius 2 is 2.19 bits per heavy atom. The molecule has 1 saturated heterocycles. The fraction of sp³-hybridized carbons (Fsp3) is 0.667. The summed E-state index contributed by atoms with van der Waals surface area (Å²) in [7, 11) is -2.98. The average Bonchev–Trinajstić information content (AvgIpc) is 2.39. The summed E-state index contributed by atoms with van der Waals surface area (Å²) in [4.78, 5) is 0. The Hall–Kier alpha value is -1.08. The van der Waals surface area contributed by atoms with Gasteiger partial charge in [0.2, 0.25) is 0 Å². The molecule has 0 radical (unpaired) electrons. The molecule has 2 aliphatic heterocycles. The van der Waals surface area contributed by atoms with Gasteiger partial charge in [0.25, 0.3) is 0 Å². The zero-order valence-electron chi connectivity index (χ0n) is 8.72. The minimum Gasteiger partial charge on any atom is -0.382 e. The van der Waals surface area contributed by atoms with Crippen LogP contribution < -0.4 is 5.73 Å². The Morgan fingerprint density at radius 1 is 1.44 bits per heavy atom. The molecule has 0 aliphatic carbocycles. The van der Waals surface area contributed by atoms with Crippen molar-refractivity contribution in [2.45, 2.75) is 18.2 Å². The van der Waals surface area contributed by atoms with Gasteiger partial charge in [-0.2, -0.15) is 5.10 Å². The molecule has 3 heterocycles. The van der Waals surface area contributed by atoms with E-state index in [4.69, 9.17) is 10.5 Å². The molecule has 7 heteroatoms. The molecule has 6 nitrogen and oxygen atoms in total. The van der Waals surface area contributed by atoms with E-state index in [1.807, 2.05) is 0 Å². The molecule has 0 atom stereocenters. The van der Waals surface area contributed by atoms with Crippen molar-refractivity contribution < 1.29 is 13.2 Å². The lowest BCUT2D eigenvalue weighted by molar-refractivity contribution is -0.0295. The molecule has 1 fully saturated rings. The van der Waals surface area contributed by atoms with Crippen LogP contribution in [-0.4, -0.2) is 37.2 Å². The highest BCUT2D eigenvalue weighted by Gasteiger charge is 2.32. The van der Waals surface area contributed by atoms with Crippen LogP contribution in [0.2, 0.25) is 0 Å². The topological polar surface area (TPSA) is 87.2 Å². The third kappa shape index (κ3) is 1.42. The van der Waals surface area contributed by atoms with Gasteiger partial charge in [0.05, 0.1) is 36.5 Å². The van der Waals surface area contributed by atoms with E-state index < -0.39 is 9.84 Å². The maximum absolute atomic E-state index is 11.6. The van der Waals surface area contributed by atoms with Crippen LogP contribution >= 0.6 is 0 Å². The lowest BCUT2D eigenvalue weighted by Gasteiger charge is -2.28. The lowest BCUT2D eigenvalue weighted by Crippen LogP contribution is -2.34. The van der Waals surface area contributed by atoms with Crippen molar-refractivity contribution in [3.63, 3.8) is 0 Å². The van der Waals surface area contributed by atoms with E-state index in [9.17, 15) is 8.42 Å². The molecule has 1 aromatic rings. The molecule has 2 aliphatic rings. The second-order valence-corrected chi connectivity index (χ2v) is 6.47. The van der Waals surface area contributed by atoms with Crippen molar-refractivity contribution in [1.29, 1.82) is 0 Å². The van der Waals surface area contributed by atoms with E-state index in [1.54, 1.807) is 4.68 Å². The largest absolute Gasteiger partial charge is 0.382 e. The summed E-state index contributed by atoms with van der Waals surface area (Å²) >= 11 is 0. The van der Waals surface area contributed by atoms with Crippen molar-refractivity contribution in [3.8, 4) is 0 Å². The molecular formula is C9H13N3O3S. The van der Waals surface area contributed by atoms with E-state index in [0.29, 0.717) is 25.5 Å². The molecule has 3 rings (SSSR count). The minimum absolute atomic E-state index is 0.0586. The second-order valence-electron chi connectivity index (χ2n) is 4.29. The highest BCUT2D eigenvalue weighted by molar-refractivity contribution is 7.90. The third-order valence-corrected chi connectivity index (χ3v) is 4.67. The fourth-order valence-corrected chi connectivity index (χ4v) is 3.54. The fourth-order valence-electron chi connectivity index (χ4n) is 2.15. The van der Waals surface area contributed by atoms with Gasteiger partial charge in [0.15, 0.2) is 9.84 Å². The van der Waals surface area contributed by atoms with E-state index in [0.717, 1.165) is 11.3 Å². The number of anilines is 1. The van der Waals surface area contributed by atoms with Crippen LogP contribution in [0.15, 0.2) is 0 Å². The van der Waals surface area contributed by atoms with Crippen LogP contribution in [-0.2, 0) is 26.7 Å². The molecule has 0 saturated carbocycles. The van der Waals surface area contributed by atoms with Crippen LogP contribution in [0.1, 0.15) is 17.3 Å². The smallest absolute Gasteiger partial charge is 0.156 e. The third-order valence-electron chi connectivity index (χ3n) is 3.14. The highest BCUT2D eigenvalue weighted by Crippen LogP contribution is 2.29. The molecule has 2 N–H and O–H groups in total. The molecule has 1 aromatic heterocycles. The number of rotatable bonds is 1. The summed E-state index contributed by atoms with van der Waals surface area (Å²) in [5, 5.41) is 4.23. The van der Waals surface area contributed by atoms with Crippen LogP contribution in [0.3, 0.4) is 0 Å². The average molecular weight is 243 g/mol. The monoisotopic (exact) mass is 243 g/mol. The molecule has 0 amide bonds. The first-order valence-corrected chi connectivity index (χ1v) is 7.03. The lowest BCUT2D eigenvalue weighted by atomic mass is 10.1. The summed E-state index contributed by atoms with van der Waals surface area (Å²) in [6.07, 6.45) is 0.483. The molecule has 0 aromatic carbocycles. The highest BCUT2D eigenvalue weighted by atomic mass is 32.2. The maximum atomic E-state index is 11.6. The Bertz CT molecular complexity index is 530. The van der Waals surface area contributed by atoms with E-state index in [1.165, 1.54) is 0 Å². The van der Waals surface area contributed by atoms with Crippen molar-refractivity contribution in [3.05, 3.63) is 11.3 Å². The number of nitrogens with zero attached hydrogens (tertiary/aromatic N) is 2. The van der Waals surface area contributed by atoms with Crippen LogP contribution in [0.5, 0.6) is 0 Å². The van der Waals surface area contributed by atoms with Crippen molar-refractivity contribution in [2.75, 3.05) is 24.7 Å². The van der Waals surface area contributed by atoms with Gasteiger partial charge in [-0.1, -0.05) is 0 Å². The molecule has 0 bridgehead atoms. The Morgan fingerprint density at radius 3 is 2.81 bits per heavy atom. The van der Waals surface area contributed by atoms with Gasteiger partial charge >= 0.3 is 0 Å². The van der Waals surface area contributed by atoms with Crippen molar-refractivity contribution in [1.82, 2.24) is 9.78 Å². The van der Waals surface area contributed by atoms with Gasteiger partial charge in [-0.15, -0.1) is 0 Å². The summed E-state index contributed by atoms with van der Waals surface area (Å²) in [5.74, 6) is 0.705. The predicted octanol–water partition coefficient (Wildman–Crippen LogP) is -0.493. The normalized spacial score (nSPS) is 23.8. The van der Waals surface area contributed by atoms with Gasteiger partial charge in [0.1, 0.15) is 5.82 Å². The number of nitrogens with two attached hydrogens (primary N) is 1. The number of aromatic nitrogens is 2. The molecule has 88 valence electrons. The van der Waals surface area contributed by atoms with Gasteiger partial charge in [-0.25, -0.2) is 8.42 Å². The Balaban J connectivity index is 2.08. The summed E-state index contributed by atoms with van der Waals surface area (Å²) in [5.41, 5.74) is 7.47. The standard InChI is InChI=1S/C9H13N3O3S/c10-9-7-1-2-16(13,14)5-8(7)12(11-9)6-3-15-4-6/h6H,1-5H2,(H2,10,11). The number of nitrogen functional groups attached to an aromatic ring is 1. The zero-order chi connectivity index (χ0) is 11.3. The number of hydrogen-bond acceptors (Lipinski definition) is 5. The van der Waals surface area contributed by atoms with Crippen molar-refractivity contribution in [2.24, 2.45) is 0 Å². The number of hydrogen-bond donors (Lipinski definition) is 1. The molecule has 0 unspecified atom stereocenters. The zero-order valence-corrected chi connectivity index (χ0v) is 9.53. The molecular weight excluding hydrogens is 230 g/mol. The Kier molecular flexibility index (Phi) is 2.02. The number of fused-ring (bicyclic) bond motifs is 1. The minimum atomic E-state index is -2.98. The van der Waals surface area contributed by atoms with E-state index >= 15 is 0 Å². The van der Waals surface area contributed by atoms with Gasteiger partial charge in [0, 0.05) is 5.56 Å². The number of ether oxygens (including phenoxy) is 1. The van der Waals surface area contributed by atoms with Gasteiger partial charge in [-0.3, -0.25) is 4.68 Å². The molecule has 16 heavy (non-hydrogen) atoms. The first-order valence-electron chi connectivity index (χ1n) is 5.21. The second kappa shape index (κ2) is 3.21. The first kappa shape index (κ1) is 10.1. The van der Waals surface area contributed by atoms with E-state index in [-0.39, 0.29) is 17.5 Å². The van der Waals surface area contributed by atoms with E-state index in [2.05, 4.69) is 5.10 Å². The van der Waals surface area contributed by atoms with Crippen LogP contribution in [0.4, 0.5) is 5.82 Å². The summed E-state index contributed by atoms with van der Waals surface area (Å²) < 4.78 is 30.0. The summed E-state index contributed by atoms with van der Waals surface area (Å²) in [6, 6.07) is 0.152. The van der Waals surface area contributed by atoms with Gasteiger partial charge in [-0.05, 0) is 6.42 Å². The number of sulfone groups is 1.